The van der Waals surface area contributed by atoms with E-state index in [4.69, 9.17) is 27.5 Å². The molecular weight excluding hydrogens is 472 g/mol. The fourth-order valence-electron chi connectivity index (χ4n) is 4.06. The Morgan fingerprint density at radius 1 is 1.29 bits per heavy atom. The highest BCUT2D eigenvalue weighted by Crippen LogP contribution is 2.42. The number of halogens is 1. The first-order chi connectivity index (χ1) is 16.2. The minimum absolute atomic E-state index is 0.0358. The third kappa shape index (κ3) is 6.00. The number of amides is 1. The molecule has 0 bridgehead atoms. The summed E-state index contributed by atoms with van der Waals surface area (Å²) in [6, 6.07) is 6.16. The number of carbonyl (C=O) groups excluding carboxylic acids is 2. The van der Waals surface area contributed by atoms with Crippen LogP contribution < -0.4 is 21.9 Å². The summed E-state index contributed by atoms with van der Waals surface area (Å²) < 4.78 is 6.62. The second-order valence-electron chi connectivity index (χ2n) is 10.1. The molecule has 0 spiro atoms. The Bertz CT molecular complexity index is 1210. The van der Waals surface area contributed by atoms with Crippen LogP contribution in [0.1, 0.15) is 63.9 Å². The van der Waals surface area contributed by atoms with E-state index in [0.29, 0.717) is 17.7 Å². The lowest BCUT2D eigenvalue weighted by Gasteiger charge is -2.20. The zero-order chi connectivity index (χ0) is 26.1. The van der Waals surface area contributed by atoms with Crippen LogP contribution in [0.2, 0.25) is 5.15 Å². The number of rotatable bonds is 7. The first-order valence-corrected chi connectivity index (χ1v) is 11.6. The Kier molecular flexibility index (Phi) is 7.26. The molecule has 1 amide bonds. The smallest absolute Gasteiger partial charge is 0.325 e. The van der Waals surface area contributed by atoms with Gasteiger partial charge in [0, 0.05) is 17.5 Å². The molecule has 0 saturated carbocycles. The van der Waals surface area contributed by atoms with E-state index in [1.54, 1.807) is 45.0 Å². The fraction of sp³-hybridized carbons (Fsp3) is 0.458. The van der Waals surface area contributed by atoms with Gasteiger partial charge >= 0.3 is 5.97 Å². The van der Waals surface area contributed by atoms with Crippen molar-refractivity contribution in [2.75, 3.05) is 11.9 Å². The normalized spacial score (nSPS) is 16.3. The number of benzene rings is 1. The molecule has 1 aromatic carbocycles. The van der Waals surface area contributed by atoms with Crippen LogP contribution in [-0.4, -0.2) is 39.4 Å². The molecule has 0 radical (unpaired) electrons. The molecule has 0 aliphatic carbocycles. The van der Waals surface area contributed by atoms with E-state index in [-0.39, 0.29) is 35.8 Å². The number of hydrogen-bond acceptors (Lipinski definition) is 7. The zero-order valence-corrected chi connectivity index (χ0v) is 21.2. The summed E-state index contributed by atoms with van der Waals surface area (Å²) in [6.07, 6.45) is 0.355. The Balaban J connectivity index is 1.82. The molecule has 1 aliphatic heterocycles. The molecule has 11 heteroatoms. The maximum absolute atomic E-state index is 13.3. The van der Waals surface area contributed by atoms with E-state index in [1.807, 2.05) is 13.8 Å². The van der Waals surface area contributed by atoms with Crippen molar-refractivity contribution < 1.29 is 14.3 Å². The minimum Gasteiger partial charge on any atom is -0.459 e. The number of nitrogens with zero attached hydrogens (tertiary/aromatic N) is 2. The van der Waals surface area contributed by atoms with E-state index < -0.39 is 28.6 Å². The monoisotopic (exact) mass is 502 g/mol. The molecule has 0 fully saturated rings. The van der Waals surface area contributed by atoms with Crippen molar-refractivity contribution in [3.63, 3.8) is 0 Å². The number of hydrogen-bond donors (Lipinski definition) is 4. The Morgan fingerprint density at radius 3 is 2.49 bits per heavy atom. The van der Waals surface area contributed by atoms with Crippen molar-refractivity contribution in [3.05, 3.63) is 56.6 Å². The number of ether oxygens (including phenoxy) is 1. The van der Waals surface area contributed by atoms with Gasteiger partial charge in [-0.3, -0.25) is 24.4 Å². The number of anilines is 1. The first kappa shape index (κ1) is 26.2. The van der Waals surface area contributed by atoms with Gasteiger partial charge in [-0.2, -0.15) is 0 Å². The summed E-state index contributed by atoms with van der Waals surface area (Å²) >= 11 is 6.45. The van der Waals surface area contributed by atoms with Crippen LogP contribution in [0.5, 0.6) is 0 Å². The van der Waals surface area contributed by atoms with Crippen molar-refractivity contribution >= 4 is 35.1 Å². The minimum atomic E-state index is -0.799. The number of esters is 1. The van der Waals surface area contributed by atoms with Crippen LogP contribution in [0.3, 0.4) is 0 Å². The number of nitrogens with one attached hydrogen (secondary N) is 3. The molecule has 1 aromatic heterocycles. The molecular formula is C24H31ClN6O4. The van der Waals surface area contributed by atoms with Gasteiger partial charge in [0.1, 0.15) is 24.0 Å². The highest BCUT2D eigenvalue weighted by Gasteiger charge is 2.44. The average Bonchev–Trinajstić information content (AvgIpc) is 3.04. The van der Waals surface area contributed by atoms with Gasteiger partial charge in [-0.05, 0) is 32.8 Å². The summed E-state index contributed by atoms with van der Waals surface area (Å²) in [5, 5.41) is 13.1. The molecule has 188 valence electrons. The molecule has 0 unspecified atom stereocenters. The van der Waals surface area contributed by atoms with E-state index in [9.17, 15) is 14.4 Å². The van der Waals surface area contributed by atoms with E-state index >= 15 is 0 Å². The summed E-state index contributed by atoms with van der Waals surface area (Å²) in [7, 11) is 0. The molecule has 10 nitrogen and oxygen atoms in total. The van der Waals surface area contributed by atoms with Crippen LogP contribution >= 0.6 is 11.6 Å². The topological polar surface area (TPSA) is 152 Å². The van der Waals surface area contributed by atoms with E-state index in [0.717, 1.165) is 5.56 Å². The maximum atomic E-state index is 13.3. The van der Waals surface area contributed by atoms with Crippen LogP contribution in [-0.2, 0) is 26.3 Å². The van der Waals surface area contributed by atoms with Gasteiger partial charge in [0.25, 0.3) is 5.56 Å². The maximum Gasteiger partial charge on any atom is 0.325 e. The fourth-order valence-corrected chi connectivity index (χ4v) is 4.49. The van der Waals surface area contributed by atoms with Crippen molar-refractivity contribution in [1.29, 1.82) is 5.41 Å². The van der Waals surface area contributed by atoms with Gasteiger partial charge < -0.3 is 21.1 Å². The van der Waals surface area contributed by atoms with Gasteiger partial charge in [0.05, 0.1) is 5.69 Å². The van der Waals surface area contributed by atoms with Gasteiger partial charge in [0.2, 0.25) is 5.91 Å². The zero-order valence-electron chi connectivity index (χ0n) is 20.5. The van der Waals surface area contributed by atoms with Crippen molar-refractivity contribution in [2.45, 2.75) is 64.6 Å². The van der Waals surface area contributed by atoms with Gasteiger partial charge in [-0.25, -0.2) is 4.98 Å². The standard InChI is InChI=1S/C24H31ClN6O4/c1-23(2,3)35-16(32)12-28-20-22(34)31-15(10-24(4,5)17(31)18(25)30-20)21(33)29-11-13-6-8-14(9-7-13)19(26)27/h6-9,15H,10-12H2,1-5H3,(H3,26,27)(H,28,30)(H,29,33)/t15-/m0/s1. The van der Waals surface area contributed by atoms with Crippen molar-refractivity contribution in [3.8, 4) is 0 Å². The van der Waals surface area contributed by atoms with Crippen LogP contribution in [0.15, 0.2) is 29.1 Å². The number of aromatic nitrogens is 2. The molecule has 5 N–H and O–H groups in total. The Labute approximate surface area is 208 Å². The second kappa shape index (κ2) is 9.69. The molecule has 0 saturated heterocycles. The third-order valence-corrected chi connectivity index (χ3v) is 5.84. The predicted octanol–water partition coefficient (Wildman–Crippen LogP) is 2.47. The molecule has 2 aromatic rings. The van der Waals surface area contributed by atoms with Crippen molar-refractivity contribution in [1.82, 2.24) is 14.9 Å². The van der Waals surface area contributed by atoms with Crippen LogP contribution in [0.4, 0.5) is 5.82 Å². The lowest BCUT2D eigenvalue weighted by atomic mass is 9.87. The number of amidine groups is 1. The predicted molar refractivity (Wildman–Crippen MR) is 134 cm³/mol. The summed E-state index contributed by atoms with van der Waals surface area (Å²) in [5.41, 5.74) is 5.58. The number of nitrogens with two attached hydrogens (primary N) is 1. The van der Waals surface area contributed by atoms with E-state index in [1.165, 1.54) is 4.57 Å². The quantitative estimate of drug-likeness (QED) is 0.258. The third-order valence-electron chi connectivity index (χ3n) is 5.58. The average molecular weight is 503 g/mol. The number of nitrogen functional groups attached to an aromatic ring is 1. The molecule has 1 aliphatic rings. The van der Waals surface area contributed by atoms with Crippen LogP contribution in [0, 0.1) is 5.41 Å². The first-order valence-electron chi connectivity index (χ1n) is 11.2. The lowest BCUT2D eigenvalue weighted by Crippen LogP contribution is -2.37. The summed E-state index contributed by atoms with van der Waals surface area (Å²) in [4.78, 5) is 42.7. The highest BCUT2D eigenvalue weighted by molar-refractivity contribution is 6.30. The SMILES string of the molecule is CC(C)(C)OC(=O)CNc1nc(Cl)c2n(c1=O)[C@H](C(=O)NCc1ccc(C(=N)N)cc1)CC2(C)C. The second-order valence-corrected chi connectivity index (χ2v) is 10.5. The van der Waals surface area contributed by atoms with Crippen molar-refractivity contribution in [2.24, 2.45) is 5.73 Å². The largest absolute Gasteiger partial charge is 0.459 e. The van der Waals surface area contributed by atoms with Crippen LogP contribution in [0.25, 0.3) is 0 Å². The molecule has 1 atom stereocenters. The van der Waals surface area contributed by atoms with Gasteiger partial charge in [-0.1, -0.05) is 49.7 Å². The van der Waals surface area contributed by atoms with Gasteiger partial charge in [-0.15, -0.1) is 0 Å². The molecule has 35 heavy (non-hydrogen) atoms. The lowest BCUT2D eigenvalue weighted by molar-refractivity contribution is -0.152. The highest BCUT2D eigenvalue weighted by atomic mass is 35.5. The molecule has 3 rings (SSSR count). The number of fused-ring (bicyclic) bond motifs is 1. The van der Waals surface area contributed by atoms with E-state index in [2.05, 4.69) is 15.6 Å². The Hall–Kier alpha value is -3.40. The Morgan fingerprint density at radius 2 is 1.91 bits per heavy atom. The summed E-state index contributed by atoms with van der Waals surface area (Å²) in [6.45, 7) is 8.99. The summed E-state index contributed by atoms with van der Waals surface area (Å²) in [5.74, 6) is -1.05. The number of carbonyl (C=O) groups is 2. The molecule has 2 heterocycles. The van der Waals surface area contributed by atoms with Gasteiger partial charge in [0.15, 0.2) is 11.0 Å².